The number of amides is 1. The molecule has 1 amide bonds. The minimum absolute atomic E-state index is 0.0105. The second-order valence-corrected chi connectivity index (χ2v) is 9.99. The van der Waals surface area contributed by atoms with E-state index in [0.717, 1.165) is 19.4 Å². The van der Waals surface area contributed by atoms with Crippen molar-refractivity contribution >= 4 is 21.9 Å². The molecule has 9 heteroatoms. The maximum Gasteiger partial charge on any atom is 0.225 e. The lowest BCUT2D eigenvalue weighted by Crippen LogP contribution is -2.50. The predicted octanol–water partition coefficient (Wildman–Crippen LogP) is 0.908. The van der Waals surface area contributed by atoms with E-state index in [1.54, 1.807) is 4.31 Å². The molecular weight excluding hydrogens is 366 g/mol. The van der Waals surface area contributed by atoms with Gasteiger partial charge in [0.05, 0.1) is 12.3 Å². The van der Waals surface area contributed by atoms with Crippen LogP contribution in [0.5, 0.6) is 0 Å². The number of sulfonamides is 1. The van der Waals surface area contributed by atoms with E-state index in [1.807, 2.05) is 34.6 Å². The third-order valence-electron chi connectivity index (χ3n) is 4.34. The molecule has 0 saturated carbocycles. The van der Waals surface area contributed by atoms with Gasteiger partial charge in [0.2, 0.25) is 15.9 Å². The van der Waals surface area contributed by atoms with Crippen LogP contribution >= 0.6 is 0 Å². The minimum Gasteiger partial charge on any atom is -0.357 e. The summed E-state index contributed by atoms with van der Waals surface area (Å²) in [5.74, 6) is 0.934. The monoisotopic (exact) mass is 403 g/mol. The van der Waals surface area contributed by atoms with Crippen molar-refractivity contribution in [2.75, 3.05) is 38.5 Å². The van der Waals surface area contributed by atoms with Gasteiger partial charge >= 0.3 is 0 Å². The second kappa shape index (κ2) is 10.8. The Balaban J connectivity index is 2.48. The van der Waals surface area contributed by atoms with Crippen molar-refractivity contribution in [3.05, 3.63) is 0 Å². The Hall–Kier alpha value is -1.35. The third-order valence-corrected chi connectivity index (χ3v) is 6.42. The van der Waals surface area contributed by atoms with Crippen LogP contribution in [0, 0.1) is 5.41 Å². The molecule has 1 saturated heterocycles. The summed E-state index contributed by atoms with van der Waals surface area (Å²) in [4.78, 5) is 16.4. The molecule has 1 heterocycles. The number of carbonyl (C=O) groups excluding carboxylic acids is 1. The van der Waals surface area contributed by atoms with Crippen LogP contribution in [-0.2, 0) is 14.8 Å². The van der Waals surface area contributed by atoms with Crippen LogP contribution in [0.3, 0.4) is 0 Å². The van der Waals surface area contributed by atoms with Crippen LogP contribution in [0.1, 0.15) is 53.9 Å². The Morgan fingerprint density at radius 3 is 2.30 bits per heavy atom. The van der Waals surface area contributed by atoms with E-state index in [0.29, 0.717) is 38.6 Å². The Kier molecular flexibility index (Phi) is 9.52. The molecule has 0 spiro atoms. The van der Waals surface area contributed by atoms with Gasteiger partial charge in [-0.2, -0.15) is 0 Å². The highest BCUT2D eigenvalue weighted by atomic mass is 32.2. The number of rotatable bonds is 8. The fourth-order valence-electron chi connectivity index (χ4n) is 2.78. The molecule has 0 bridgehead atoms. The SMILES string of the molecule is CCCS(=O)(=O)N1CCC(NC(=NCCNC(=O)C(C)(C)C)NCC)CC1. The lowest BCUT2D eigenvalue weighted by molar-refractivity contribution is -0.128. The first kappa shape index (κ1) is 23.7. The van der Waals surface area contributed by atoms with E-state index < -0.39 is 15.4 Å². The van der Waals surface area contributed by atoms with Gasteiger partial charge in [-0.1, -0.05) is 27.7 Å². The van der Waals surface area contributed by atoms with Crippen molar-refractivity contribution in [2.45, 2.75) is 59.9 Å². The van der Waals surface area contributed by atoms with Crippen molar-refractivity contribution in [2.24, 2.45) is 10.4 Å². The maximum atomic E-state index is 12.2. The zero-order chi connectivity index (χ0) is 20.5. The fraction of sp³-hybridized carbons (Fsp3) is 0.889. The summed E-state index contributed by atoms with van der Waals surface area (Å²) < 4.78 is 25.9. The Labute approximate surface area is 164 Å². The van der Waals surface area contributed by atoms with Gasteiger partial charge in [-0.05, 0) is 26.2 Å². The molecule has 1 fully saturated rings. The van der Waals surface area contributed by atoms with Crippen molar-refractivity contribution < 1.29 is 13.2 Å². The highest BCUT2D eigenvalue weighted by Gasteiger charge is 2.27. The predicted molar refractivity (Wildman–Crippen MR) is 110 cm³/mol. The van der Waals surface area contributed by atoms with Crippen LogP contribution in [0.15, 0.2) is 4.99 Å². The van der Waals surface area contributed by atoms with Crippen LogP contribution < -0.4 is 16.0 Å². The summed E-state index contributed by atoms with van der Waals surface area (Å²) in [7, 11) is -3.11. The highest BCUT2D eigenvalue weighted by Crippen LogP contribution is 2.15. The zero-order valence-corrected chi connectivity index (χ0v) is 18.3. The van der Waals surface area contributed by atoms with Gasteiger partial charge in [-0.15, -0.1) is 0 Å². The van der Waals surface area contributed by atoms with Gasteiger partial charge in [0.1, 0.15) is 0 Å². The summed E-state index contributed by atoms with van der Waals surface area (Å²) in [6, 6.07) is 0.194. The number of guanidine groups is 1. The minimum atomic E-state index is -3.11. The molecule has 0 aromatic carbocycles. The van der Waals surface area contributed by atoms with Crippen LogP contribution in [0.25, 0.3) is 0 Å². The smallest absolute Gasteiger partial charge is 0.225 e. The van der Waals surface area contributed by atoms with Crippen molar-refractivity contribution in [1.82, 2.24) is 20.3 Å². The van der Waals surface area contributed by atoms with Crippen LogP contribution in [-0.4, -0.2) is 69.1 Å². The normalized spacial score (nSPS) is 17.6. The van der Waals surface area contributed by atoms with Crippen molar-refractivity contribution in [1.29, 1.82) is 0 Å². The number of carbonyl (C=O) groups is 1. The third kappa shape index (κ3) is 8.47. The molecule has 0 aliphatic carbocycles. The molecule has 158 valence electrons. The number of hydrogen-bond donors (Lipinski definition) is 3. The average molecular weight is 404 g/mol. The molecule has 1 rings (SSSR count). The standard InChI is InChI=1S/C18H37N5O3S/c1-6-14-27(25,26)23-12-8-15(9-13-23)22-17(19-7-2)21-11-10-20-16(24)18(3,4)5/h15H,6-14H2,1-5H3,(H,20,24)(H2,19,21,22). The van der Waals surface area contributed by atoms with Crippen LogP contribution in [0.2, 0.25) is 0 Å². The van der Waals surface area contributed by atoms with Gasteiger partial charge in [-0.25, -0.2) is 12.7 Å². The molecular formula is C18H37N5O3S. The summed E-state index contributed by atoms with van der Waals surface area (Å²) in [5.41, 5.74) is -0.404. The molecule has 8 nitrogen and oxygen atoms in total. The molecule has 0 atom stereocenters. The lowest BCUT2D eigenvalue weighted by atomic mass is 9.96. The average Bonchev–Trinajstić information content (AvgIpc) is 2.58. The molecule has 3 N–H and O–H groups in total. The van der Waals surface area contributed by atoms with Crippen molar-refractivity contribution in [3.63, 3.8) is 0 Å². The van der Waals surface area contributed by atoms with E-state index in [4.69, 9.17) is 0 Å². The molecule has 0 aromatic rings. The molecule has 0 aromatic heterocycles. The number of nitrogens with zero attached hydrogens (tertiary/aromatic N) is 2. The first-order valence-corrected chi connectivity index (χ1v) is 11.5. The van der Waals surface area contributed by atoms with Crippen LogP contribution in [0.4, 0.5) is 0 Å². The van der Waals surface area contributed by atoms with E-state index in [1.165, 1.54) is 0 Å². The number of hydrogen-bond acceptors (Lipinski definition) is 4. The fourth-order valence-corrected chi connectivity index (χ4v) is 4.32. The lowest BCUT2D eigenvalue weighted by Gasteiger charge is -2.32. The van der Waals surface area contributed by atoms with Gasteiger partial charge < -0.3 is 16.0 Å². The topological polar surface area (TPSA) is 103 Å². The largest absolute Gasteiger partial charge is 0.357 e. The summed E-state index contributed by atoms with van der Waals surface area (Å²) in [6.07, 6.45) is 2.16. The van der Waals surface area contributed by atoms with Gasteiger partial charge in [0, 0.05) is 37.6 Å². The van der Waals surface area contributed by atoms with Crippen molar-refractivity contribution in [3.8, 4) is 0 Å². The number of aliphatic imine (C=N–C) groups is 1. The summed E-state index contributed by atoms with van der Waals surface area (Å²) >= 11 is 0. The number of nitrogens with one attached hydrogen (secondary N) is 3. The van der Waals surface area contributed by atoms with Gasteiger partial charge in [0.15, 0.2) is 5.96 Å². The Morgan fingerprint density at radius 2 is 1.78 bits per heavy atom. The van der Waals surface area contributed by atoms with E-state index in [9.17, 15) is 13.2 Å². The van der Waals surface area contributed by atoms with E-state index in [-0.39, 0.29) is 17.7 Å². The second-order valence-electron chi connectivity index (χ2n) is 7.90. The van der Waals surface area contributed by atoms with E-state index in [2.05, 4.69) is 20.9 Å². The quantitative estimate of drug-likeness (QED) is 0.318. The Morgan fingerprint density at radius 1 is 1.15 bits per heavy atom. The highest BCUT2D eigenvalue weighted by molar-refractivity contribution is 7.89. The Bertz CT molecular complexity index is 591. The molecule has 1 aliphatic rings. The van der Waals surface area contributed by atoms with Gasteiger partial charge in [-0.3, -0.25) is 9.79 Å². The maximum absolute atomic E-state index is 12.2. The van der Waals surface area contributed by atoms with E-state index >= 15 is 0 Å². The number of piperidine rings is 1. The first-order chi connectivity index (χ1) is 12.6. The summed E-state index contributed by atoms with van der Waals surface area (Å²) in [5, 5.41) is 9.47. The molecule has 0 unspecified atom stereocenters. The molecule has 1 aliphatic heterocycles. The summed E-state index contributed by atoms with van der Waals surface area (Å²) in [6.45, 7) is 12.3. The first-order valence-electron chi connectivity index (χ1n) is 9.91. The van der Waals surface area contributed by atoms with Gasteiger partial charge in [0.25, 0.3) is 0 Å². The zero-order valence-electron chi connectivity index (χ0n) is 17.5. The molecule has 0 radical (unpaired) electrons. The molecule has 27 heavy (non-hydrogen) atoms.